The van der Waals surface area contributed by atoms with E-state index in [0.717, 1.165) is 48.5 Å². The van der Waals surface area contributed by atoms with Gasteiger partial charge in [-0.15, -0.1) is 24.8 Å². The summed E-state index contributed by atoms with van der Waals surface area (Å²) in [5, 5.41) is 3.11. The predicted molar refractivity (Wildman–Crippen MR) is 119 cm³/mol. The normalized spacial score (nSPS) is 15.0. The topological polar surface area (TPSA) is 67.6 Å². The van der Waals surface area contributed by atoms with Crippen molar-refractivity contribution in [2.75, 3.05) is 25.1 Å². The first-order valence-corrected chi connectivity index (χ1v) is 9.09. The fourth-order valence-corrected chi connectivity index (χ4v) is 3.37. The Morgan fingerprint density at radius 1 is 1.11 bits per heavy atom. The van der Waals surface area contributed by atoms with Gasteiger partial charge in [-0.2, -0.15) is 0 Å². The van der Waals surface area contributed by atoms with Gasteiger partial charge in [0, 0.05) is 19.1 Å². The number of nitrogens with two attached hydrogens (primary N) is 1. The molecule has 3 rings (SSSR count). The molecular weight excluding hydrogens is 397 g/mol. The molecule has 1 unspecified atom stereocenters. The standard InChI is InChI=1S/C21H27N3O2.2ClH/c1-15-7-9-16(10-8-15)20(22)21(25)23-17-11-13-24(14-12-17)18-5-3-4-6-19(18)26-2;;/h3-10,17,20H,11-14,22H2,1-2H3,(H,23,25);2*1H. The van der Waals surface area contributed by atoms with Gasteiger partial charge in [-0.25, -0.2) is 0 Å². The van der Waals surface area contributed by atoms with Crippen molar-refractivity contribution < 1.29 is 9.53 Å². The lowest BCUT2D eigenvalue weighted by molar-refractivity contribution is -0.123. The van der Waals surface area contributed by atoms with Crippen LogP contribution in [0.1, 0.15) is 30.0 Å². The van der Waals surface area contributed by atoms with Gasteiger partial charge in [-0.1, -0.05) is 42.0 Å². The smallest absolute Gasteiger partial charge is 0.241 e. The second-order valence-corrected chi connectivity index (χ2v) is 6.83. The van der Waals surface area contributed by atoms with E-state index in [4.69, 9.17) is 10.5 Å². The molecule has 28 heavy (non-hydrogen) atoms. The number of carbonyl (C=O) groups is 1. The van der Waals surface area contributed by atoms with E-state index >= 15 is 0 Å². The van der Waals surface area contributed by atoms with Crippen molar-refractivity contribution in [1.29, 1.82) is 0 Å². The third kappa shape index (κ3) is 5.77. The minimum atomic E-state index is -0.622. The second-order valence-electron chi connectivity index (χ2n) is 6.83. The molecule has 1 saturated heterocycles. The molecule has 1 aliphatic heterocycles. The molecular formula is C21H29Cl2N3O2. The Balaban J connectivity index is 0.00000196. The van der Waals surface area contributed by atoms with Crippen molar-refractivity contribution in [1.82, 2.24) is 5.32 Å². The number of hydrogen-bond donors (Lipinski definition) is 2. The third-order valence-electron chi connectivity index (χ3n) is 4.99. The quantitative estimate of drug-likeness (QED) is 0.766. The highest BCUT2D eigenvalue weighted by Crippen LogP contribution is 2.30. The lowest BCUT2D eigenvalue weighted by atomic mass is 10.0. The summed E-state index contributed by atoms with van der Waals surface area (Å²) in [5.74, 6) is 0.779. The monoisotopic (exact) mass is 425 g/mol. The predicted octanol–water partition coefficient (Wildman–Crippen LogP) is 3.63. The van der Waals surface area contributed by atoms with Crippen LogP contribution in [0.2, 0.25) is 0 Å². The zero-order valence-electron chi connectivity index (χ0n) is 16.3. The molecule has 1 fully saturated rings. The van der Waals surface area contributed by atoms with Crippen LogP contribution in [0, 0.1) is 6.92 Å². The van der Waals surface area contributed by atoms with Gasteiger partial charge in [0.15, 0.2) is 0 Å². The molecule has 0 spiro atoms. The summed E-state index contributed by atoms with van der Waals surface area (Å²) in [4.78, 5) is 14.8. The van der Waals surface area contributed by atoms with E-state index < -0.39 is 6.04 Å². The summed E-state index contributed by atoms with van der Waals surface area (Å²) in [6.45, 7) is 3.78. The molecule has 154 valence electrons. The van der Waals surface area contributed by atoms with E-state index in [9.17, 15) is 4.79 Å². The number of piperidine rings is 1. The third-order valence-corrected chi connectivity index (χ3v) is 4.99. The number of hydrogen-bond acceptors (Lipinski definition) is 4. The molecule has 0 aliphatic carbocycles. The van der Waals surface area contributed by atoms with E-state index in [0.29, 0.717) is 0 Å². The molecule has 0 saturated carbocycles. The number of benzene rings is 2. The van der Waals surface area contributed by atoms with E-state index in [1.165, 1.54) is 0 Å². The number of anilines is 1. The Hall–Kier alpha value is -1.95. The Morgan fingerprint density at radius 2 is 1.71 bits per heavy atom. The number of ether oxygens (including phenoxy) is 1. The molecule has 7 heteroatoms. The van der Waals surface area contributed by atoms with Crippen molar-refractivity contribution in [2.24, 2.45) is 5.73 Å². The second kappa shape index (κ2) is 11.1. The Morgan fingerprint density at radius 3 is 2.32 bits per heavy atom. The first kappa shape index (κ1) is 24.1. The Labute approximate surface area is 179 Å². The zero-order valence-corrected chi connectivity index (χ0v) is 17.9. The molecule has 0 aromatic heterocycles. The number of para-hydroxylation sites is 2. The number of halogens is 2. The van der Waals surface area contributed by atoms with E-state index in [1.54, 1.807) is 7.11 Å². The highest BCUT2D eigenvalue weighted by molar-refractivity contribution is 5.85. The number of aryl methyl sites for hydroxylation is 1. The van der Waals surface area contributed by atoms with Crippen LogP contribution in [0.5, 0.6) is 5.75 Å². The maximum Gasteiger partial charge on any atom is 0.241 e. The van der Waals surface area contributed by atoms with Crippen LogP contribution in [0.3, 0.4) is 0 Å². The van der Waals surface area contributed by atoms with Crippen LogP contribution in [-0.4, -0.2) is 32.1 Å². The molecule has 1 heterocycles. The van der Waals surface area contributed by atoms with Gasteiger partial charge in [-0.3, -0.25) is 4.79 Å². The lowest BCUT2D eigenvalue weighted by Crippen LogP contribution is -2.47. The van der Waals surface area contributed by atoms with Gasteiger partial charge in [0.05, 0.1) is 12.8 Å². The van der Waals surface area contributed by atoms with Crippen molar-refractivity contribution in [3.63, 3.8) is 0 Å². The number of methoxy groups -OCH3 is 1. The molecule has 1 amide bonds. The average Bonchev–Trinajstić information content (AvgIpc) is 2.68. The molecule has 2 aromatic carbocycles. The number of nitrogens with one attached hydrogen (secondary N) is 1. The number of amides is 1. The molecule has 5 nitrogen and oxygen atoms in total. The fourth-order valence-electron chi connectivity index (χ4n) is 3.37. The Bertz CT molecular complexity index is 748. The highest BCUT2D eigenvalue weighted by Gasteiger charge is 2.24. The van der Waals surface area contributed by atoms with Crippen LogP contribution in [0.4, 0.5) is 5.69 Å². The highest BCUT2D eigenvalue weighted by atomic mass is 35.5. The fraction of sp³-hybridized carbons (Fsp3) is 0.381. The van der Waals surface area contributed by atoms with Crippen LogP contribution in [-0.2, 0) is 4.79 Å². The van der Waals surface area contributed by atoms with Gasteiger partial charge in [0.2, 0.25) is 5.91 Å². The number of nitrogens with zero attached hydrogens (tertiary/aromatic N) is 1. The first-order valence-electron chi connectivity index (χ1n) is 9.09. The van der Waals surface area contributed by atoms with E-state index in [2.05, 4.69) is 16.3 Å². The molecule has 1 aliphatic rings. The summed E-state index contributed by atoms with van der Waals surface area (Å²) in [6, 6.07) is 15.4. The van der Waals surface area contributed by atoms with Crippen molar-refractivity contribution >= 4 is 36.4 Å². The van der Waals surface area contributed by atoms with Gasteiger partial charge in [0.25, 0.3) is 0 Å². The minimum Gasteiger partial charge on any atom is -0.495 e. The van der Waals surface area contributed by atoms with Crippen LogP contribution >= 0.6 is 24.8 Å². The SMILES string of the molecule is COc1ccccc1N1CCC(NC(=O)C(N)c2ccc(C)cc2)CC1.Cl.Cl. The summed E-state index contributed by atoms with van der Waals surface area (Å²) in [6.07, 6.45) is 1.79. The van der Waals surface area contributed by atoms with Crippen LogP contribution < -0.4 is 20.7 Å². The first-order chi connectivity index (χ1) is 12.6. The molecule has 2 aromatic rings. The van der Waals surface area contributed by atoms with Crippen molar-refractivity contribution in [2.45, 2.75) is 31.8 Å². The molecule has 0 radical (unpaired) electrons. The summed E-state index contributed by atoms with van der Waals surface area (Å²) >= 11 is 0. The number of rotatable bonds is 5. The Kier molecular flexibility index (Phi) is 9.59. The lowest BCUT2D eigenvalue weighted by Gasteiger charge is -2.35. The van der Waals surface area contributed by atoms with E-state index in [1.807, 2.05) is 49.4 Å². The summed E-state index contributed by atoms with van der Waals surface area (Å²) in [7, 11) is 1.69. The molecule has 1 atom stereocenters. The van der Waals surface area contributed by atoms with Crippen molar-refractivity contribution in [3.8, 4) is 5.75 Å². The minimum absolute atomic E-state index is 0. The van der Waals surface area contributed by atoms with Crippen LogP contribution in [0.25, 0.3) is 0 Å². The van der Waals surface area contributed by atoms with E-state index in [-0.39, 0.29) is 36.8 Å². The van der Waals surface area contributed by atoms with Crippen molar-refractivity contribution in [3.05, 3.63) is 59.7 Å². The largest absolute Gasteiger partial charge is 0.495 e. The molecule has 3 N–H and O–H groups in total. The van der Waals surface area contributed by atoms with Gasteiger partial charge < -0.3 is 20.7 Å². The zero-order chi connectivity index (χ0) is 18.5. The number of carbonyl (C=O) groups excluding carboxylic acids is 1. The van der Waals surface area contributed by atoms with Gasteiger partial charge in [0.1, 0.15) is 11.8 Å². The van der Waals surface area contributed by atoms with Gasteiger partial charge >= 0.3 is 0 Å². The average molecular weight is 426 g/mol. The summed E-state index contributed by atoms with van der Waals surface area (Å²) in [5.41, 5.74) is 9.23. The maximum atomic E-state index is 12.5. The van der Waals surface area contributed by atoms with Crippen LogP contribution in [0.15, 0.2) is 48.5 Å². The maximum absolute atomic E-state index is 12.5. The summed E-state index contributed by atoms with van der Waals surface area (Å²) < 4.78 is 5.45. The van der Waals surface area contributed by atoms with Gasteiger partial charge in [-0.05, 0) is 37.5 Å². The molecule has 0 bridgehead atoms.